The number of benzene rings is 1. The van der Waals surface area contributed by atoms with E-state index < -0.39 is 4.92 Å². The van der Waals surface area contributed by atoms with Crippen molar-refractivity contribution in [1.82, 2.24) is 9.88 Å². The molecule has 3 rings (SSSR count). The van der Waals surface area contributed by atoms with E-state index in [1.165, 1.54) is 6.07 Å². The third-order valence-corrected chi connectivity index (χ3v) is 3.96. The van der Waals surface area contributed by atoms with Gasteiger partial charge in [-0.25, -0.2) is 4.98 Å². The first kappa shape index (κ1) is 16.4. The molecule has 1 N–H and O–H groups in total. The fourth-order valence-corrected chi connectivity index (χ4v) is 2.66. The van der Waals surface area contributed by atoms with Crippen molar-refractivity contribution in [3.05, 3.63) is 52.6 Å². The summed E-state index contributed by atoms with van der Waals surface area (Å²) in [5, 5.41) is 14.3. The van der Waals surface area contributed by atoms with Crippen LogP contribution in [-0.2, 0) is 4.74 Å². The quantitative estimate of drug-likeness (QED) is 0.648. The molecule has 0 saturated carbocycles. The largest absolute Gasteiger partial charge is 0.379 e. The minimum Gasteiger partial charge on any atom is -0.379 e. The molecule has 0 aliphatic carbocycles. The smallest absolute Gasteiger partial charge is 0.311 e. The molecule has 1 aliphatic heterocycles. The Hall–Kier alpha value is -2.51. The first-order chi connectivity index (χ1) is 11.7. The van der Waals surface area contributed by atoms with Gasteiger partial charge in [-0.1, -0.05) is 30.3 Å². The summed E-state index contributed by atoms with van der Waals surface area (Å²) in [6, 6.07) is 12.8. The monoisotopic (exact) mass is 328 g/mol. The van der Waals surface area contributed by atoms with Gasteiger partial charge in [0.1, 0.15) is 0 Å². The Kier molecular flexibility index (Phi) is 5.35. The average molecular weight is 328 g/mol. The first-order valence-corrected chi connectivity index (χ1v) is 7.99. The van der Waals surface area contributed by atoms with Gasteiger partial charge < -0.3 is 10.1 Å². The summed E-state index contributed by atoms with van der Waals surface area (Å²) in [5.41, 5.74) is 1.65. The Morgan fingerprint density at radius 1 is 1.17 bits per heavy atom. The molecule has 126 valence electrons. The van der Waals surface area contributed by atoms with Crippen LogP contribution in [0.4, 0.5) is 11.5 Å². The second kappa shape index (κ2) is 7.85. The van der Waals surface area contributed by atoms with Crippen molar-refractivity contribution in [1.29, 1.82) is 0 Å². The lowest BCUT2D eigenvalue weighted by Crippen LogP contribution is -2.39. The molecule has 0 bridgehead atoms. The van der Waals surface area contributed by atoms with Gasteiger partial charge in [0, 0.05) is 37.8 Å². The number of anilines is 1. The molecule has 24 heavy (non-hydrogen) atoms. The van der Waals surface area contributed by atoms with Gasteiger partial charge in [0.15, 0.2) is 0 Å². The molecular formula is C17H20N4O3. The van der Waals surface area contributed by atoms with Crippen LogP contribution in [0.15, 0.2) is 42.5 Å². The number of rotatable bonds is 6. The van der Waals surface area contributed by atoms with E-state index in [0.717, 1.165) is 44.1 Å². The van der Waals surface area contributed by atoms with Gasteiger partial charge in [0.05, 0.1) is 23.8 Å². The van der Waals surface area contributed by atoms with E-state index in [4.69, 9.17) is 4.74 Å². The maximum atomic E-state index is 11.2. The summed E-state index contributed by atoms with van der Waals surface area (Å²) in [4.78, 5) is 17.5. The van der Waals surface area contributed by atoms with E-state index >= 15 is 0 Å². The molecule has 7 heteroatoms. The number of nitrogens with zero attached hydrogens (tertiary/aromatic N) is 3. The van der Waals surface area contributed by atoms with E-state index in [0.29, 0.717) is 12.4 Å². The zero-order valence-corrected chi connectivity index (χ0v) is 13.4. The molecule has 0 radical (unpaired) electrons. The molecule has 1 aromatic carbocycles. The number of morpholine rings is 1. The summed E-state index contributed by atoms with van der Waals surface area (Å²) in [5.74, 6) is 0.314. The number of hydrogen-bond acceptors (Lipinski definition) is 6. The van der Waals surface area contributed by atoms with Crippen LogP contribution in [0.25, 0.3) is 11.3 Å². The SMILES string of the molecule is O=[N+]([O-])c1ccc(-c2ccccc2)nc1NCCN1CCOCC1. The zero-order valence-electron chi connectivity index (χ0n) is 13.4. The molecule has 2 heterocycles. The second-order valence-corrected chi connectivity index (χ2v) is 5.57. The topological polar surface area (TPSA) is 80.5 Å². The van der Waals surface area contributed by atoms with Crippen LogP contribution >= 0.6 is 0 Å². The Morgan fingerprint density at radius 2 is 1.92 bits per heavy atom. The van der Waals surface area contributed by atoms with Gasteiger partial charge in [-0.15, -0.1) is 0 Å². The van der Waals surface area contributed by atoms with Crippen LogP contribution in [0.5, 0.6) is 0 Å². The lowest BCUT2D eigenvalue weighted by atomic mass is 10.1. The van der Waals surface area contributed by atoms with Gasteiger partial charge in [0.25, 0.3) is 0 Å². The van der Waals surface area contributed by atoms with E-state index in [9.17, 15) is 10.1 Å². The summed E-state index contributed by atoms with van der Waals surface area (Å²) < 4.78 is 5.32. The predicted octanol–water partition coefficient (Wildman–Crippen LogP) is 2.40. The van der Waals surface area contributed by atoms with Crippen molar-refractivity contribution in [2.75, 3.05) is 44.7 Å². The van der Waals surface area contributed by atoms with Gasteiger partial charge >= 0.3 is 5.69 Å². The minimum atomic E-state index is -0.404. The van der Waals surface area contributed by atoms with E-state index in [-0.39, 0.29) is 5.69 Å². The number of aromatic nitrogens is 1. The normalized spacial score (nSPS) is 15.2. The van der Waals surface area contributed by atoms with Crippen LogP contribution in [0, 0.1) is 10.1 Å². The van der Waals surface area contributed by atoms with Crippen LogP contribution in [0.3, 0.4) is 0 Å². The van der Waals surface area contributed by atoms with Crippen molar-refractivity contribution >= 4 is 11.5 Å². The second-order valence-electron chi connectivity index (χ2n) is 5.57. The predicted molar refractivity (Wildman–Crippen MR) is 92.1 cm³/mol. The fraction of sp³-hybridized carbons (Fsp3) is 0.353. The standard InChI is InChI=1S/C17H20N4O3/c22-21(23)16-7-6-15(14-4-2-1-3-5-14)19-17(16)18-8-9-20-10-12-24-13-11-20/h1-7H,8-13H2,(H,18,19). The highest BCUT2D eigenvalue weighted by Crippen LogP contribution is 2.26. The Balaban J connectivity index is 1.72. The van der Waals surface area contributed by atoms with Crippen molar-refractivity contribution in [2.24, 2.45) is 0 Å². The summed E-state index contributed by atoms with van der Waals surface area (Å²) in [6.07, 6.45) is 0. The van der Waals surface area contributed by atoms with Crippen LogP contribution < -0.4 is 5.32 Å². The van der Waals surface area contributed by atoms with Gasteiger partial charge in [0.2, 0.25) is 5.82 Å². The number of ether oxygens (including phenoxy) is 1. The molecule has 1 fully saturated rings. The third kappa shape index (κ3) is 4.06. The summed E-state index contributed by atoms with van der Waals surface area (Å²) in [7, 11) is 0. The molecule has 0 atom stereocenters. The lowest BCUT2D eigenvalue weighted by molar-refractivity contribution is -0.384. The zero-order chi connectivity index (χ0) is 16.8. The van der Waals surface area contributed by atoms with E-state index in [1.54, 1.807) is 6.07 Å². The number of nitrogens with one attached hydrogen (secondary N) is 1. The Bertz CT molecular complexity index is 687. The van der Waals surface area contributed by atoms with Crippen LogP contribution in [0.1, 0.15) is 0 Å². The van der Waals surface area contributed by atoms with Crippen molar-refractivity contribution < 1.29 is 9.66 Å². The van der Waals surface area contributed by atoms with Crippen LogP contribution in [-0.4, -0.2) is 54.2 Å². The molecule has 0 spiro atoms. The van der Waals surface area contributed by atoms with Gasteiger partial charge in [-0.05, 0) is 6.07 Å². The maximum Gasteiger partial charge on any atom is 0.311 e. The fourth-order valence-electron chi connectivity index (χ4n) is 2.66. The minimum absolute atomic E-state index is 0.00309. The van der Waals surface area contributed by atoms with Crippen molar-refractivity contribution in [3.63, 3.8) is 0 Å². The van der Waals surface area contributed by atoms with E-state index in [2.05, 4.69) is 15.2 Å². The summed E-state index contributed by atoms with van der Waals surface area (Å²) >= 11 is 0. The van der Waals surface area contributed by atoms with Crippen molar-refractivity contribution in [3.8, 4) is 11.3 Å². The van der Waals surface area contributed by atoms with Gasteiger partial charge in [-0.2, -0.15) is 0 Å². The lowest BCUT2D eigenvalue weighted by Gasteiger charge is -2.26. The third-order valence-electron chi connectivity index (χ3n) is 3.96. The van der Waals surface area contributed by atoms with Gasteiger partial charge in [-0.3, -0.25) is 15.0 Å². The highest BCUT2D eigenvalue weighted by atomic mass is 16.6. The summed E-state index contributed by atoms with van der Waals surface area (Å²) in [6.45, 7) is 4.66. The number of nitro groups is 1. The molecule has 1 aliphatic rings. The Labute approximate surface area is 140 Å². The molecule has 2 aromatic rings. The molecule has 1 aromatic heterocycles. The highest BCUT2D eigenvalue weighted by Gasteiger charge is 2.17. The molecule has 0 amide bonds. The average Bonchev–Trinajstić information content (AvgIpc) is 2.63. The number of hydrogen-bond donors (Lipinski definition) is 1. The number of pyridine rings is 1. The molecule has 0 unspecified atom stereocenters. The molecular weight excluding hydrogens is 308 g/mol. The highest BCUT2D eigenvalue weighted by molar-refractivity contribution is 5.66. The van der Waals surface area contributed by atoms with Crippen LogP contribution in [0.2, 0.25) is 0 Å². The first-order valence-electron chi connectivity index (χ1n) is 7.99. The van der Waals surface area contributed by atoms with E-state index in [1.807, 2.05) is 30.3 Å². The molecule has 7 nitrogen and oxygen atoms in total. The van der Waals surface area contributed by atoms with Crippen molar-refractivity contribution in [2.45, 2.75) is 0 Å². The Morgan fingerprint density at radius 3 is 2.62 bits per heavy atom. The molecule has 1 saturated heterocycles. The maximum absolute atomic E-state index is 11.2.